The molecule has 1 fully saturated rings. The maximum atomic E-state index is 12.9. The first-order valence-electron chi connectivity index (χ1n) is 8.51. The Kier molecular flexibility index (Phi) is 3.85. The van der Waals surface area contributed by atoms with Gasteiger partial charge in [-0.3, -0.25) is 4.79 Å². The van der Waals surface area contributed by atoms with Crippen LogP contribution in [0.3, 0.4) is 0 Å². The summed E-state index contributed by atoms with van der Waals surface area (Å²) in [5, 5.41) is 0. The molecule has 0 saturated carbocycles. The summed E-state index contributed by atoms with van der Waals surface area (Å²) in [4.78, 5) is 28.7. The van der Waals surface area contributed by atoms with E-state index in [1.54, 1.807) is 9.80 Å². The third kappa shape index (κ3) is 2.66. The lowest BCUT2D eigenvalue weighted by Gasteiger charge is -2.38. The molecule has 0 atom stereocenters. The van der Waals surface area contributed by atoms with E-state index in [0.29, 0.717) is 25.9 Å². The number of benzene rings is 1. The number of anilines is 1. The molecule has 2 heterocycles. The van der Waals surface area contributed by atoms with E-state index in [-0.39, 0.29) is 12.0 Å². The van der Waals surface area contributed by atoms with E-state index < -0.39 is 11.0 Å². The molecule has 3 rings (SSSR count). The number of hydrogen-bond acceptors (Lipinski definition) is 3. The standard InChI is InChI=1S/C19H26N2O3/c1-13-6-7-15-14(12-13)19(16(22)20(15)5)8-10-21(11-9-19)17(23)24-18(2,3)4/h6-7,12H,8-11H2,1-5H3. The average Bonchev–Trinajstić information content (AvgIpc) is 2.69. The summed E-state index contributed by atoms with van der Waals surface area (Å²) in [5.74, 6) is 0.145. The van der Waals surface area contributed by atoms with Gasteiger partial charge in [-0.25, -0.2) is 4.79 Å². The maximum absolute atomic E-state index is 12.9. The van der Waals surface area contributed by atoms with Crippen LogP contribution in [0.4, 0.5) is 10.5 Å². The molecule has 0 N–H and O–H groups in total. The minimum atomic E-state index is -0.501. The lowest BCUT2D eigenvalue weighted by Crippen LogP contribution is -2.50. The Bertz CT molecular complexity index is 682. The number of likely N-dealkylation sites (tertiary alicyclic amines) is 1. The number of carbonyl (C=O) groups is 2. The summed E-state index contributed by atoms with van der Waals surface area (Å²) in [5.41, 5.74) is 2.27. The van der Waals surface area contributed by atoms with Gasteiger partial charge >= 0.3 is 6.09 Å². The van der Waals surface area contributed by atoms with Crippen molar-refractivity contribution in [3.05, 3.63) is 29.3 Å². The second-order valence-corrected chi connectivity index (χ2v) is 7.93. The molecule has 24 heavy (non-hydrogen) atoms. The van der Waals surface area contributed by atoms with Gasteiger partial charge in [-0.2, -0.15) is 0 Å². The molecule has 2 aliphatic heterocycles. The zero-order valence-electron chi connectivity index (χ0n) is 15.2. The second-order valence-electron chi connectivity index (χ2n) is 7.93. The number of rotatable bonds is 0. The molecular weight excluding hydrogens is 304 g/mol. The van der Waals surface area contributed by atoms with Gasteiger partial charge in [0.25, 0.3) is 0 Å². The van der Waals surface area contributed by atoms with Crippen LogP contribution in [0.1, 0.15) is 44.7 Å². The smallest absolute Gasteiger partial charge is 0.410 e. The Morgan fingerprint density at radius 1 is 1.21 bits per heavy atom. The molecule has 1 aromatic carbocycles. The third-order valence-electron chi connectivity index (χ3n) is 5.01. The van der Waals surface area contributed by atoms with Crippen molar-refractivity contribution in [1.29, 1.82) is 0 Å². The Morgan fingerprint density at radius 2 is 1.83 bits per heavy atom. The molecule has 1 aromatic rings. The van der Waals surface area contributed by atoms with Crippen LogP contribution in [0.25, 0.3) is 0 Å². The van der Waals surface area contributed by atoms with Crippen LogP contribution in [-0.2, 0) is 14.9 Å². The highest BCUT2D eigenvalue weighted by molar-refractivity contribution is 6.08. The van der Waals surface area contributed by atoms with E-state index in [9.17, 15) is 9.59 Å². The number of piperidine rings is 1. The highest BCUT2D eigenvalue weighted by atomic mass is 16.6. The zero-order valence-corrected chi connectivity index (χ0v) is 15.2. The summed E-state index contributed by atoms with van der Waals surface area (Å²) in [6.07, 6.45) is 0.998. The molecule has 5 heteroatoms. The van der Waals surface area contributed by atoms with Crippen LogP contribution >= 0.6 is 0 Å². The number of fused-ring (bicyclic) bond motifs is 2. The molecule has 0 unspecified atom stereocenters. The number of hydrogen-bond donors (Lipinski definition) is 0. The van der Waals surface area contributed by atoms with Crippen molar-refractivity contribution in [2.24, 2.45) is 0 Å². The van der Waals surface area contributed by atoms with Crippen LogP contribution in [0.5, 0.6) is 0 Å². The fraction of sp³-hybridized carbons (Fsp3) is 0.579. The van der Waals surface area contributed by atoms with Gasteiger partial charge in [0.15, 0.2) is 0 Å². The van der Waals surface area contributed by atoms with Crippen LogP contribution in [0, 0.1) is 6.92 Å². The Hall–Kier alpha value is -2.04. The third-order valence-corrected chi connectivity index (χ3v) is 5.01. The van der Waals surface area contributed by atoms with E-state index in [0.717, 1.165) is 16.8 Å². The van der Waals surface area contributed by atoms with Gasteiger partial charge in [0.05, 0.1) is 5.41 Å². The highest BCUT2D eigenvalue weighted by Gasteiger charge is 2.51. The first-order valence-corrected chi connectivity index (χ1v) is 8.51. The summed E-state index contributed by atoms with van der Waals surface area (Å²) in [7, 11) is 1.84. The SMILES string of the molecule is Cc1ccc2c(c1)C1(CCN(C(=O)OC(C)(C)C)CC1)C(=O)N2C. The van der Waals surface area contributed by atoms with Gasteiger partial charge in [0.2, 0.25) is 5.91 Å². The second kappa shape index (κ2) is 5.50. The molecule has 0 radical (unpaired) electrons. The predicted molar refractivity (Wildman–Crippen MR) is 93.3 cm³/mol. The molecule has 0 aliphatic carbocycles. The molecule has 5 nitrogen and oxygen atoms in total. The quantitative estimate of drug-likeness (QED) is 0.734. The van der Waals surface area contributed by atoms with Gasteiger partial charge in [0, 0.05) is 25.8 Å². The summed E-state index contributed by atoms with van der Waals surface area (Å²) >= 11 is 0. The van der Waals surface area contributed by atoms with E-state index in [1.165, 1.54) is 0 Å². The van der Waals surface area contributed by atoms with Crippen molar-refractivity contribution in [1.82, 2.24) is 4.90 Å². The summed E-state index contributed by atoms with van der Waals surface area (Å²) in [6.45, 7) is 8.73. The average molecular weight is 330 g/mol. The lowest BCUT2D eigenvalue weighted by atomic mass is 9.73. The van der Waals surface area contributed by atoms with Crippen molar-refractivity contribution >= 4 is 17.7 Å². The predicted octanol–water partition coefficient (Wildman–Crippen LogP) is 3.24. The van der Waals surface area contributed by atoms with E-state index in [1.807, 2.05) is 46.9 Å². The molecule has 130 valence electrons. The number of nitrogens with zero attached hydrogens (tertiary/aromatic N) is 2. The molecule has 1 saturated heterocycles. The molecular formula is C19H26N2O3. The summed E-state index contributed by atoms with van der Waals surface area (Å²) < 4.78 is 5.46. The van der Waals surface area contributed by atoms with Crippen LogP contribution in [-0.4, -0.2) is 42.6 Å². The van der Waals surface area contributed by atoms with Crippen molar-refractivity contribution in [3.63, 3.8) is 0 Å². The van der Waals surface area contributed by atoms with E-state index in [4.69, 9.17) is 4.74 Å². The fourth-order valence-corrected chi connectivity index (χ4v) is 3.75. The monoisotopic (exact) mass is 330 g/mol. The number of likely N-dealkylation sites (N-methyl/N-ethyl adjacent to an activating group) is 1. The number of carbonyl (C=O) groups excluding carboxylic acids is 2. The summed E-state index contributed by atoms with van der Waals surface area (Å²) in [6, 6.07) is 6.19. The Labute approximate surface area is 143 Å². The van der Waals surface area contributed by atoms with Gasteiger partial charge in [0.1, 0.15) is 5.60 Å². The number of ether oxygens (including phenoxy) is 1. The van der Waals surface area contributed by atoms with Crippen LogP contribution in [0.15, 0.2) is 18.2 Å². The Balaban J connectivity index is 1.82. The lowest BCUT2D eigenvalue weighted by molar-refractivity contribution is -0.124. The zero-order chi connectivity index (χ0) is 17.7. The number of amides is 2. The highest BCUT2D eigenvalue weighted by Crippen LogP contribution is 2.47. The topological polar surface area (TPSA) is 49.9 Å². The molecule has 2 aliphatic rings. The fourth-order valence-electron chi connectivity index (χ4n) is 3.75. The van der Waals surface area contributed by atoms with Crippen molar-refractivity contribution in [2.45, 2.75) is 51.6 Å². The van der Waals surface area contributed by atoms with E-state index >= 15 is 0 Å². The molecule has 0 aromatic heterocycles. The minimum Gasteiger partial charge on any atom is -0.444 e. The Morgan fingerprint density at radius 3 is 2.42 bits per heavy atom. The van der Waals surface area contributed by atoms with Crippen molar-refractivity contribution in [2.75, 3.05) is 25.0 Å². The molecule has 1 spiro atoms. The number of aryl methyl sites for hydroxylation is 1. The normalized spacial score (nSPS) is 19.6. The maximum Gasteiger partial charge on any atom is 0.410 e. The van der Waals surface area contributed by atoms with E-state index in [2.05, 4.69) is 6.07 Å². The van der Waals surface area contributed by atoms with Crippen LogP contribution in [0.2, 0.25) is 0 Å². The van der Waals surface area contributed by atoms with Gasteiger partial charge in [-0.1, -0.05) is 17.7 Å². The molecule has 0 bridgehead atoms. The van der Waals surface area contributed by atoms with Gasteiger partial charge in [-0.05, 0) is 52.2 Å². The van der Waals surface area contributed by atoms with Gasteiger partial charge < -0.3 is 14.5 Å². The minimum absolute atomic E-state index is 0.145. The van der Waals surface area contributed by atoms with Crippen LogP contribution < -0.4 is 4.90 Å². The van der Waals surface area contributed by atoms with Gasteiger partial charge in [-0.15, -0.1) is 0 Å². The first-order chi connectivity index (χ1) is 11.1. The first kappa shape index (κ1) is 16.8. The molecule has 2 amide bonds. The largest absolute Gasteiger partial charge is 0.444 e. The van der Waals surface area contributed by atoms with Crippen molar-refractivity contribution in [3.8, 4) is 0 Å². The van der Waals surface area contributed by atoms with Crippen molar-refractivity contribution < 1.29 is 14.3 Å².